The van der Waals surface area contributed by atoms with Gasteiger partial charge in [-0.1, -0.05) is 30.3 Å². The molecule has 0 aliphatic carbocycles. The molecule has 18 heavy (non-hydrogen) atoms. The lowest BCUT2D eigenvalue weighted by atomic mass is 10.1. The second kappa shape index (κ2) is 5.71. The number of aromatic nitrogens is 2. The summed E-state index contributed by atoms with van der Waals surface area (Å²) in [7, 11) is 0. The fourth-order valence-electron chi connectivity index (χ4n) is 1.77. The number of aliphatic hydroxyl groups is 1. The third-order valence-electron chi connectivity index (χ3n) is 2.83. The van der Waals surface area contributed by atoms with Crippen LogP contribution in [-0.2, 0) is 6.42 Å². The lowest BCUT2D eigenvalue weighted by Gasteiger charge is -2.10. The van der Waals surface area contributed by atoms with Crippen LogP contribution in [0.4, 0.5) is 0 Å². The average Bonchev–Trinajstić information content (AvgIpc) is 2.42. The van der Waals surface area contributed by atoms with E-state index in [1.807, 2.05) is 37.3 Å². The third kappa shape index (κ3) is 2.91. The number of hydrogen-bond acceptors (Lipinski definition) is 4. The summed E-state index contributed by atoms with van der Waals surface area (Å²) in [4.78, 5) is 8.83. The van der Waals surface area contributed by atoms with E-state index < -0.39 is 0 Å². The molecule has 0 fully saturated rings. The third-order valence-corrected chi connectivity index (χ3v) is 2.83. The van der Waals surface area contributed by atoms with Crippen LogP contribution < -0.4 is 5.73 Å². The first kappa shape index (κ1) is 12.7. The monoisotopic (exact) mass is 243 g/mol. The molecule has 3 N–H and O–H groups in total. The van der Waals surface area contributed by atoms with E-state index in [1.54, 1.807) is 6.20 Å². The molecule has 94 valence electrons. The van der Waals surface area contributed by atoms with Gasteiger partial charge in [0.05, 0.1) is 6.61 Å². The Kier molecular flexibility index (Phi) is 4.02. The van der Waals surface area contributed by atoms with Crippen molar-refractivity contribution in [3.8, 4) is 11.4 Å². The zero-order valence-corrected chi connectivity index (χ0v) is 10.4. The molecule has 0 radical (unpaired) electrons. The molecule has 2 rings (SSSR count). The largest absolute Gasteiger partial charge is 0.395 e. The molecule has 0 saturated carbocycles. The Bertz CT molecular complexity index is 514. The molecule has 4 nitrogen and oxygen atoms in total. The molecule has 1 heterocycles. The fraction of sp³-hybridized carbons (Fsp3) is 0.286. The van der Waals surface area contributed by atoms with Crippen LogP contribution in [-0.4, -0.2) is 27.7 Å². The van der Waals surface area contributed by atoms with E-state index in [0.717, 1.165) is 22.6 Å². The van der Waals surface area contributed by atoms with E-state index in [4.69, 9.17) is 10.8 Å². The molecule has 1 unspecified atom stereocenters. The summed E-state index contributed by atoms with van der Waals surface area (Å²) in [5.74, 6) is 0.717. The molecule has 1 atom stereocenters. The number of rotatable bonds is 4. The molecule has 0 amide bonds. The first-order valence-electron chi connectivity index (χ1n) is 5.95. The van der Waals surface area contributed by atoms with Gasteiger partial charge < -0.3 is 10.8 Å². The molecule has 0 aliphatic rings. The van der Waals surface area contributed by atoms with Crippen molar-refractivity contribution in [2.75, 3.05) is 6.61 Å². The number of aryl methyl sites for hydroxylation is 1. The minimum absolute atomic E-state index is 0.0279. The van der Waals surface area contributed by atoms with E-state index >= 15 is 0 Å². The van der Waals surface area contributed by atoms with Crippen LogP contribution in [0.5, 0.6) is 0 Å². The Morgan fingerprint density at radius 2 is 2.00 bits per heavy atom. The van der Waals surface area contributed by atoms with Crippen LogP contribution in [0, 0.1) is 6.92 Å². The van der Waals surface area contributed by atoms with Gasteiger partial charge >= 0.3 is 0 Å². The van der Waals surface area contributed by atoms with Crippen molar-refractivity contribution >= 4 is 0 Å². The molecule has 2 aromatic rings. The number of hydrogen-bond donors (Lipinski definition) is 2. The van der Waals surface area contributed by atoms with Crippen molar-refractivity contribution in [3.05, 3.63) is 47.8 Å². The van der Waals surface area contributed by atoms with E-state index in [9.17, 15) is 0 Å². The highest BCUT2D eigenvalue weighted by Gasteiger charge is 2.08. The summed E-state index contributed by atoms with van der Waals surface area (Å²) < 4.78 is 0. The maximum absolute atomic E-state index is 8.95. The Balaban J connectivity index is 2.25. The minimum Gasteiger partial charge on any atom is -0.395 e. The van der Waals surface area contributed by atoms with Gasteiger partial charge in [-0.2, -0.15) is 0 Å². The van der Waals surface area contributed by atoms with E-state index in [-0.39, 0.29) is 12.6 Å². The van der Waals surface area contributed by atoms with Gasteiger partial charge in [-0.25, -0.2) is 9.97 Å². The Hall–Kier alpha value is -1.78. The van der Waals surface area contributed by atoms with Crippen molar-refractivity contribution in [1.29, 1.82) is 0 Å². The molecule has 0 bridgehead atoms. The molecule has 0 spiro atoms. The Morgan fingerprint density at radius 3 is 2.61 bits per heavy atom. The number of benzene rings is 1. The summed E-state index contributed by atoms with van der Waals surface area (Å²) in [6, 6.07) is 9.59. The topological polar surface area (TPSA) is 72.0 Å². The zero-order chi connectivity index (χ0) is 13.0. The van der Waals surface area contributed by atoms with Gasteiger partial charge in [0, 0.05) is 23.5 Å². The van der Waals surface area contributed by atoms with Crippen LogP contribution in [0.2, 0.25) is 0 Å². The molecule has 1 aromatic heterocycles. The maximum Gasteiger partial charge on any atom is 0.159 e. The first-order chi connectivity index (χ1) is 8.70. The van der Waals surface area contributed by atoms with Crippen LogP contribution in [0.15, 0.2) is 36.5 Å². The lowest BCUT2D eigenvalue weighted by Crippen LogP contribution is -2.27. The number of aliphatic hydroxyl groups excluding tert-OH is 1. The summed E-state index contributed by atoms with van der Waals surface area (Å²) in [5.41, 5.74) is 8.61. The molecule has 4 heteroatoms. The summed E-state index contributed by atoms with van der Waals surface area (Å²) in [6.07, 6.45) is 2.39. The highest BCUT2D eigenvalue weighted by atomic mass is 16.3. The maximum atomic E-state index is 8.95. The molecular formula is C14H17N3O. The normalized spacial score (nSPS) is 12.4. The van der Waals surface area contributed by atoms with E-state index in [2.05, 4.69) is 9.97 Å². The van der Waals surface area contributed by atoms with Crippen LogP contribution >= 0.6 is 0 Å². The molecular weight excluding hydrogens is 226 g/mol. The SMILES string of the molecule is Cc1nc(-c2ccccc2)ncc1CC(N)CO. The lowest BCUT2D eigenvalue weighted by molar-refractivity contribution is 0.265. The Morgan fingerprint density at radius 1 is 1.28 bits per heavy atom. The van der Waals surface area contributed by atoms with Crippen LogP contribution in [0.25, 0.3) is 11.4 Å². The predicted molar refractivity (Wildman–Crippen MR) is 71.0 cm³/mol. The molecule has 0 saturated heterocycles. The predicted octanol–water partition coefficient (Wildman–Crippen LogP) is 1.31. The summed E-state index contributed by atoms with van der Waals surface area (Å²) in [6.45, 7) is 1.91. The van der Waals surface area contributed by atoms with Gasteiger partial charge in [0.1, 0.15) is 0 Å². The summed E-state index contributed by atoms with van der Waals surface area (Å²) in [5, 5.41) is 8.95. The Labute approximate surface area is 107 Å². The van der Waals surface area contributed by atoms with Gasteiger partial charge in [-0.15, -0.1) is 0 Å². The number of nitrogens with zero attached hydrogens (tertiary/aromatic N) is 2. The van der Waals surface area contributed by atoms with E-state index in [1.165, 1.54) is 0 Å². The van der Waals surface area contributed by atoms with Gasteiger partial charge in [0.25, 0.3) is 0 Å². The van der Waals surface area contributed by atoms with Crippen LogP contribution in [0.3, 0.4) is 0 Å². The molecule has 0 aliphatic heterocycles. The highest BCUT2D eigenvalue weighted by Crippen LogP contribution is 2.16. The van der Waals surface area contributed by atoms with Crippen LogP contribution in [0.1, 0.15) is 11.3 Å². The van der Waals surface area contributed by atoms with Gasteiger partial charge in [0.2, 0.25) is 0 Å². The van der Waals surface area contributed by atoms with Gasteiger partial charge in [-0.05, 0) is 18.9 Å². The average molecular weight is 243 g/mol. The smallest absolute Gasteiger partial charge is 0.159 e. The molecule has 1 aromatic carbocycles. The van der Waals surface area contributed by atoms with Crippen molar-refractivity contribution in [2.45, 2.75) is 19.4 Å². The number of nitrogens with two attached hydrogens (primary N) is 1. The first-order valence-corrected chi connectivity index (χ1v) is 5.95. The second-order valence-electron chi connectivity index (χ2n) is 4.32. The second-order valence-corrected chi connectivity index (χ2v) is 4.32. The quantitative estimate of drug-likeness (QED) is 0.849. The fourth-order valence-corrected chi connectivity index (χ4v) is 1.77. The summed E-state index contributed by atoms with van der Waals surface area (Å²) >= 11 is 0. The zero-order valence-electron chi connectivity index (χ0n) is 10.4. The van der Waals surface area contributed by atoms with Crippen molar-refractivity contribution < 1.29 is 5.11 Å². The van der Waals surface area contributed by atoms with Gasteiger partial charge in [-0.3, -0.25) is 0 Å². The van der Waals surface area contributed by atoms with Crippen molar-refractivity contribution in [3.63, 3.8) is 0 Å². The highest BCUT2D eigenvalue weighted by molar-refractivity contribution is 5.54. The van der Waals surface area contributed by atoms with Crippen molar-refractivity contribution in [2.24, 2.45) is 5.73 Å². The van der Waals surface area contributed by atoms with Gasteiger partial charge in [0.15, 0.2) is 5.82 Å². The van der Waals surface area contributed by atoms with E-state index in [0.29, 0.717) is 6.42 Å². The standard InChI is InChI=1S/C14H17N3O/c1-10-12(7-13(15)9-18)8-16-14(17-10)11-5-3-2-4-6-11/h2-6,8,13,18H,7,9,15H2,1H3. The van der Waals surface area contributed by atoms with Crippen molar-refractivity contribution in [1.82, 2.24) is 9.97 Å². The minimum atomic E-state index is -0.255.